The number of likely N-dealkylation sites (N-methyl/N-ethyl adjacent to an activating group) is 1. The number of furan rings is 1. The van der Waals surface area contributed by atoms with E-state index >= 15 is 0 Å². The zero-order valence-electron chi connectivity index (χ0n) is 13.4. The van der Waals surface area contributed by atoms with E-state index in [1.165, 1.54) is 0 Å². The number of aryl methyl sites for hydroxylation is 1. The van der Waals surface area contributed by atoms with Crippen molar-refractivity contribution in [2.24, 2.45) is 0 Å². The van der Waals surface area contributed by atoms with E-state index in [4.69, 9.17) is 4.42 Å². The SMILES string of the molecule is CCN(CC(C)c1nn[nH]n1)C(=O)c1cc2cccc(C)c2o1. The number of hydrogen-bond donors (Lipinski definition) is 1. The molecule has 1 atom stereocenters. The number of carbonyl (C=O) groups excluding carboxylic acids is 1. The molecule has 0 fully saturated rings. The van der Waals surface area contributed by atoms with Gasteiger partial charge in [-0.2, -0.15) is 5.21 Å². The van der Waals surface area contributed by atoms with Crippen LogP contribution in [0.5, 0.6) is 0 Å². The number of tetrazole rings is 1. The van der Waals surface area contributed by atoms with Crippen molar-refractivity contribution in [2.45, 2.75) is 26.7 Å². The summed E-state index contributed by atoms with van der Waals surface area (Å²) in [6, 6.07) is 7.67. The van der Waals surface area contributed by atoms with Gasteiger partial charge in [-0.1, -0.05) is 30.3 Å². The molecule has 3 rings (SSSR count). The quantitative estimate of drug-likeness (QED) is 0.782. The third kappa shape index (κ3) is 2.94. The van der Waals surface area contributed by atoms with Gasteiger partial charge >= 0.3 is 0 Å². The van der Waals surface area contributed by atoms with Crippen molar-refractivity contribution in [1.29, 1.82) is 0 Å². The van der Waals surface area contributed by atoms with E-state index in [1.54, 1.807) is 11.0 Å². The van der Waals surface area contributed by atoms with Crippen LogP contribution in [-0.2, 0) is 0 Å². The fourth-order valence-electron chi connectivity index (χ4n) is 2.62. The standard InChI is InChI=1S/C16H19N5O2/c1-4-21(9-11(3)15-17-19-20-18-15)16(22)13-8-12-7-5-6-10(2)14(12)23-13/h5-8,11H,4,9H2,1-3H3,(H,17,18,19,20). The van der Waals surface area contributed by atoms with Gasteiger partial charge in [0.05, 0.1) is 0 Å². The highest BCUT2D eigenvalue weighted by atomic mass is 16.3. The van der Waals surface area contributed by atoms with E-state index in [2.05, 4.69) is 20.6 Å². The Balaban J connectivity index is 1.82. The number of nitrogens with one attached hydrogen (secondary N) is 1. The molecular weight excluding hydrogens is 294 g/mol. The largest absolute Gasteiger partial charge is 0.451 e. The smallest absolute Gasteiger partial charge is 0.289 e. The number of rotatable bonds is 5. The predicted molar refractivity (Wildman–Crippen MR) is 85.1 cm³/mol. The summed E-state index contributed by atoms with van der Waals surface area (Å²) in [6.45, 7) is 6.95. The Hall–Kier alpha value is -2.70. The van der Waals surface area contributed by atoms with E-state index in [1.807, 2.05) is 39.0 Å². The van der Waals surface area contributed by atoms with Gasteiger partial charge in [0.15, 0.2) is 11.6 Å². The second-order valence-electron chi connectivity index (χ2n) is 5.62. The molecule has 23 heavy (non-hydrogen) atoms. The molecule has 1 amide bonds. The Morgan fingerprint density at radius 2 is 2.26 bits per heavy atom. The average molecular weight is 313 g/mol. The first-order valence-corrected chi connectivity index (χ1v) is 7.62. The minimum atomic E-state index is -0.126. The van der Waals surface area contributed by atoms with E-state index in [0.29, 0.717) is 24.7 Å². The van der Waals surface area contributed by atoms with Gasteiger partial charge in [-0.3, -0.25) is 4.79 Å². The molecule has 1 aromatic carbocycles. The minimum absolute atomic E-state index is 0.0104. The lowest BCUT2D eigenvalue weighted by Crippen LogP contribution is -2.34. The van der Waals surface area contributed by atoms with Gasteiger partial charge in [0.25, 0.3) is 5.91 Å². The molecule has 1 unspecified atom stereocenters. The monoisotopic (exact) mass is 313 g/mol. The van der Waals surface area contributed by atoms with Crippen molar-refractivity contribution in [3.8, 4) is 0 Å². The third-order valence-corrected chi connectivity index (χ3v) is 3.92. The van der Waals surface area contributed by atoms with Gasteiger partial charge in [0.1, 0.15) is 5.58 Å². The third-order valence-electron chi connectivity index (χ3n) is 3.92. The summed E-state index contributed by atoms with van der Waals surface area (Å²) >= 11 is 0. The van der Waals surface area contributed by atoms with Crippen LogP contribution in [0.2, 0.25) is 0 Å². The molecule has 0 aliphatic rings. The maximum absolute atomic E-state index is 12.7. The second-order valence-corrected chi connectivity index (χ2v) is 5.62. The lowest BCUT2D eigenvalue weighted by Gasteiger charge is -2.22. The average Bonchev–Trinajstić information content (AvgIpc) is 3.21. The topological polar surface area (TPSA) is 87.9 Å². The number of benzene rings is 1. The Kier molecular flexibility index (Phi) is 4.10. The van der Waals surface area contributed by atoms with Gasteiger partial charge in [0, 0.05) is 24.4 Å². The summed E-state index contributed by atoms with van der Waals surface area (Å²) in [5, 5.41) is 14.9. The summed E-state index contributed by atoms with van der Waals surface area (Å²) in [6.07, 6.45) is 0. The number of carbonyl (C=O) groups is 1. The van der Waals surface area contributed by atoms with E-state index in [0.717, 1.165) is 16.5 Å². The Morgan fingerprint density at radius 1 is 1.43 bits per heavy atom. The minimum Gasteiger partial charge on any atom is -0.451 e. The van der Waals surface area contributed by atoms with Crippen molar-refractivity contribution in [1.82, 2.24) is 25.5 Å². The first-order valence-electron chi connectivity index (χ1n) is 7.62. The zero-order chi connectivity index (χ0) is 16.4. The van der Waals surface area contributed by atoms with Crippen molar-refractivity contribution in [3.63, 3.8) is 0 Å². The maximum Gasteiger partial charge on any atom is 0.289 e. The van der Waals surface area contributed by atoms with E-state index < -0.39 is 0 Å². The normalized spacial score (nSPS) is 12.5. The number of para-hydroxylation sites is 1. The Labute approximate surface area is 133 Å². The highest BCUT2D eigenvalue weighted by molar-refractivity contribution is 5.96. The molecule has 120 valence electrons. The van der Waals surface area contributed by atoms with E-state index in [9.17, 15) is 4.79 Å². The van der Waals surface area contributed by atoms with Gasteiger partial charge in [-0.05, 0) is 25.5 Å². The summed E-state index contributed by atoms with van der Waals surface area (Å²) in [5.74, 6) is 0.815. The van der Waals surface area contributed by atoms with Crippen LogP contribution >= 0.6 is 0 Å². The molecule has 2 aromatic heterocycles. The number of amides is 1. The fraction of sp³-hybridized carbons (Fsp3) is 0.375. The van der Waals surface area contributed by atoms with Crippen LogP contribution in [0, 0.1) is 6.92 Å². The number of aromatic amines is 1. The molecule has 0 bridgehead atoms. The maximum atomic E-state index is 12.7. The first kappa shape index (κ1) is 15.2. The van der Waals surface area contributed by atoms with Crippen molar-refractivity contribution < 1.29 is 9.21 Å². The molecular formula is C16H19N5O2. The van der Waals surface area contributed by atoms with Gasteiger partial charge in [0.2, 0.25) is 0 Å². The lowest BCUT2D eigenvalue weighted by molar-refractivity contribution is 0.0725. The van der Waals surface area contributed by atoms with Crippen LogP contribution in [-0.4, -0.2) is 44.5 Å². The highest BCUT2D eigenvalue weighted by Crippen LogP contribution is 2.24. The van der Waals surface area contributed by atoms with Crippen molar-refractivity contribution in [2.75, 3.05) is 13.1 Å². The Morgan fingerprint density at radius 3 is 2.91 bits per heavy atom. The molecule has 7 nitrogen and oxygen atoms in total. The molecule has 0 saturated carbocycles. The molecule has 2 heterocycles. The molecule has 1 N–H and O–H groups in total. The van der Waals surface area contributed by atoms with Crippen LogP contribution in [0.25, 0.3) is 11.0 Å². The van der Waals surface area contributed by atoms with E-state index in [-0.39, 0.29) is 11.8 Å². The fourth-order valence-corrected chi connectivity index (χ4v) is 2.62. The second kappa shape index (κ2) is 6.20. The molecule has 0 aliphatic carbocycles. The van der Waals surface area contributed by atoms with Crippen LogP contribution < -0.4 is 0 Å². The molecule has 0 radical (unpaired) electrons. The molecule has 0 spiro atoms. The molecule has 3 aromatic rings. The van der Waals surface area contributed by atoms with Gasteiger partial charge in [-0.15, -0.1) is 10.2 Å². The number of aromatic nitrogens is 4. The highest BCUT2D eigenvalue weighted by Gasteiger charge is 2.22. The summed E-state index contributed by atoms with van der Waals surface area (Å²) in [7, 11) is 0. The first-order chi connectivity index (χ1) is 11.1. The van der Waals surface area contributed by atoms with Crippen LogP contribution in [0.3, 0.4) is 0 Å². The predicted octanol–water partition coefficient (Wildman–Crippen LogP) is 2.52. The van der Waals surface area contributed by atoms with Crippen LogP contribution in [0.15, 0.2) is 28.7 Å². The molecule has 0 saturated heterocycles. The van der Waals surface area contributed by atoms with Crippen LogP contribution in [0.1, 0.15) is 41.7 Å². The van der Waals surface area contributed by atoms with Gasteiger partial charge in [-0.25, -0.2) is 0 Å². The molecule has 7 heteroatoms. The zero-order valence-corrected chi connectivity index (χ0v) is 13.4. The summed E-state index contributed by atoms with van der Waals surface area (Å²) < 4.78 is 5.77. The molecule has 0 aliphatic heterocycles. The van der Waals surface area contributed by atoms with Crippen LogP contribution in [0.4, 0.5) is 0 Å². The lowest BCUT2D eigenvalue weighted by atomic mass is 10.1. The Bertz CT molecular complexity index is 809. The van der Waals surface area contributed by atoms with Crippen molar-refractivity contribution >= 4 is 16.9 Å². The van der Waals surface area contributed by atoms with Crippen molar-refractivity contribution in [3.05, 3.63) is 41.4 Å². The summed E-state index contributed by atoms with van der Waals surface area (Å²) in [4.78, 5) is 14.5. The number of H-pyrrole nitrogens is 1. The van der Waals surface area contributed by atoms with Gasteiger partial charge < -0.3 is 9.32 Å². The number of fused-ring (bicyclic) bond motifs is 1. The summed E-state index contributed by atoms with van der Waals surface area (Å²) in [5.41, 5.74) is 1.78. The number of hydrogen-bond acceptors (Lipinski definition) is 5. The number of nitrogens with zero attached hydrogens (tertiary/aromatic N) is 4.